The zero-order chi connectivity index (χ0) is 26.4. The maximum atomic E-state index is 13.2. The number of likely N-dealkylation sites (tertiary alicyclic amines) is 1. The van der Waals surface area contributed by atoms with E-state index in [-0.39, 0.29) is 23.6 Å². The number of carbonyl (C=O) groups is 2. The zero-order valence-electron chi connectivity index (χ0n) is 21.9. The number of amides is 2. The van der Waals surface area contributed by atoms with Crippen molar-refractivity contribution in [1.82, 2.24) is 9.80 Å². The van der Waals surface area contributed by atoms with Crippen LogP contribution in [0.2, 0.25) is 0 Å². The van der Waals surface area contributed by atoms with Crippen LogP contribution in [0.1, 0.15) is 61.8 Å². The SMILES string of the molecule is CC(C)(C)OC(=O)N1C[C@@H]2[C@H](C[C@H]1CS(=O)(=O)c1ccccc1)OC(C)(C)N2C(=O)OC(C)(C)C. The second-order valence-corrected chi connectivity index (χ2v) is 13.7. The number of nitrogens with zero attached hydrogens (tertiary/aromatic N) is 2. The van der Waals surface area contributed by atoms with Gasteiger partial charge in [-0.3, -0.25) is 4.90 Å². The van der Waals surface area contributed by atoms with Crippen molar-refractivity contribution in [3.63, 3.8) is 0 Å². The number of hydrogen-bond donors (Lipinski definition) is 0. The molecule has 0 aliphatic carbocycles. The summed E-state index contributed by atoms with van der Waals surface area (Å²) in [6.07, 6.45) is -1.40. The molecular weight excluding hydrogens is 472 g/mol. The van der Waals surface area contributed by atoms with Crippen molar-refractivity contribution in [1.29, 1.82) is 0 Å². The van der Waals surface area contributed by atoms with E-state index in [0.717, 1.165) is 0 Å². The molecule has 2 saturated heterocycles. The van der Waals surface area contributed by atoms with Crippen LogP contribution in [0.25, 0.3) is 0 Å². The fraction of sp³-hybridized carbons (Fsp3) is 0.680. The number of rotatable bonds is 3. The molecule has 1 aromatic carbocycles. The Morgan fingerprint density at radius 2 is 1.54 bits per heavy atom. The lowest BCUT2D eigenvalue weighted by molar-refractivity contribution is -0.0810. The van der Waals surface area contributed by atoms with Crippen LogP contribution in [0.4, 0.5) is 9.59 Å². The van der Waals surface area contributed by atoms with E-state index >= 15 is 0 Å². The van der Waals surface area contributed by atoms with E-state index in [1.165, 1.54) is 21.9 Å². The Balaban J connectivity index is 1.94. The summed E-state index contributed by atoms with van der Waals surface area (Å²) in [5, 5.41) is 0. The van der Waals surface area contributed by atoms with E-state index in [9.17, 15) is 18.0 Å². The molecule has 196 valence electrons. The third-order valence-corrected chi connectivity index (χ3v) is 7.66. The minimum atomic E-state index is -3.69. The third-order valence-electron chi connectivity index (χ3n) is 5.84. The summed E-state index contributed by atoms with van der Waals surface area (Å²) in [5.41, 5.74) is -2.48. The monoisotopic (exact) mass is 510 g/mol. The van der Waals surface area contributed by atoms with Crippen molar-refractivity contribution < 1.29 is 32.2 Å². The fourth-order valence-electron chi connectivity index (χ4n) is 4.57. The largest absolute Gasteiger partial charge is 0.444 e. The molecule has 0 radical (unpaired) electrons. The van der Waals surface area contributed by atoms with Crippen LogP contribution in [0.5, 0.6) is 0 Å². The van der Waals surface area contributed by atoms with E-state index < -0.39 is 57.1 Å². The molecule has 10 heteroatoms. The first-order valence-electron chi connectivity index (χ1n) is 11.9. The van der Waals surface area contributed by atoms with E-state index in [0.29, 0.717) is 0 Å². The molecule has 2 fully saturated rings. The number of ether oxygens (including phenoxy) is 3. The summed E-state index contributed by atoms with van der Waals surface area (Å²) in [7, 11) is -3.69. The van der Waals surface area contributed by atoms with Crippen LogP contribution in [0.15, 0.2) is 35.2 Å². The Bertz CT molecular complexity index is 1040. The van der Waals surface area contributed by atoms with Gasteiger partial charge in [-0.15, -0.1) is 0 Å². The molecule has 0 saturated carbocycles. The van der Waals surface area contributed by atoms with Crippen molar-refractivity contribution in [2.45, 2.75) is 102 Å². The molecule has 0 aromatic heterocycles. The Kier molecular flexibility index (Phi) is 7.23. The van der Waals surface area contributed by atoms with E-state index in [2.05, 4.69) is 0 Å². The van der Waals surface area contributed by atoms with Gasteiger partial charge in [-0.25, -0.2) is 18.0 Å². The van der Waals surface area contributed by atoms with Crippen LogP contribution < -0.4 is 0 Å². The first kappa shape index (κ1) is 27.3. The average molecular weight is 511 g/mol. The number of fused-ring (bicyclic) bond motifs is 1. The summed E-state index contributed by atoms with van der Waals surface area (Å²) in [4.78, 5) is 29.5. The second kappa shape index (κ2) is 9.28. The molecule has 35 heavy (non-hydrogen) atoms. The molecule has 0 bridgehead atoms. The van der Waals surface area contributed by atoms with Crippen molar-refractivity contribution in [2.24, 2.45) is 0 Å². The molecule has 2 aliphatic heterocycles. The van der Waals surface area contributed by atoms with Crippen LogP contribution in [-0.4, -0.2) is 77.8 Å². The quantitative estimate of drug-likeness (QED) is 0.600. The highest BCUT2D eigenvalue weighted by Crippen LogP contribution is 2.40. The maximum Gasteiger partial charge on any atom is 0.412 e. The number of sulfone groups is 1. The highest BCUT2D eigenvalue weighted by Gasteiger charge is 2.56. The van der Waals surface area contributed by atoms with E-state index in [1.807, 2.05) is 0 Å². The number of carbonyl (C=O) groups excluding carboxylic acids is 2. The number of benzene rings is 1. The number of hydrogen-bond acceptors (Lipinski definition) is 7. The Morgan fingerprint density at radius 3 is 2.09 bits per heavy atom. The van der Waals surface area contributed by atoms with E-state index in [1.54, 1.807) is 73.6 Å². The zero-order valence-corrected chi connectivity index (χ0v) is 22.7. The minimum Gasteiger partial charge on any atom is -0.444 e. The van der Waals surface area contributed by atoms with Crippen molar-refractivity contribution in [3.05, 3.63) is 30.3 Å². The summed E-state index contributed by atoms with van der Waals surface area (Å²) in [6.45, 7) is 14.2. The topological polar surface area (TPSA) is 102 Å². The van der Waals surface area contributed by atoms with Gasteiger partial charge in [0.2, 0.25) is 0 Å². The van der Waals surface area contributed by atoms with Gasteiger partial charge >= 0.3 is 12.2 Å². The number of piperidine rings is 1. The highest BCUT2D eigenvalue weighted by atomic mass is 32.2. The third kappa shape index (κ3) is 6.46. The molecule has 2 heterocycles. The smallest absolute Gasteiger partial charge is 0.412 e. The van der Waals surface area contributed by atoms with Crippen molar-refractivity contribution in [2.75, 3.05) is 12.3 Å². The molecule has 2 amide bonds. The Hall–Kier alpha value is -2.33. The van der Waals surface area contributed by atoms with Gasteiger partial charge in [-0.2, -0.15) is 0 Å². The molecule has 0 N–H and O–H groups in total. The molecule has 3 atom stereocenters. The molecule has 3 rings (SSSR count). The summed E-state index contributed by atoms with van der Waals surface area (Å²) in [5.74, 6) is -0.282. The van der Waals surface area contributed by atoms with Gasteiger partial charge in [-0.05, 0) is 73.9 Å². The lowest BCUT2D eigenvalue weighted by Gasteiger charge is -2.43. The lowest BCUT2D eigenvalue weighted by atomic mass is 9.96. The van der Waals surface area contributed by atoms with Gasteiger partial charge in [0.1, 0.15) is 16.9 Å². The molecule has 1 aromatic rings. The Labute approximate surface area is 208 Å². The molecule has 0 unspecified atom stereocenters. The van der Waals surface area contributed by atoms with Crippen LogP contribution in [0.3, 0.4) is 0 Å². The highest BCUT2D eigenvalue weighted by molar-refractivity contribution is 7.91. The summed E-state index contributed by atoms with van der Waals surface area (Å²) in [6, 6.07) is 6.95. The molecule has 0 spiro atoms. The predicted molar refractivity (Wildman–Crippen MR) is 131 cm³/mol. The van der Waals surface area contributed by atoms with Gasteiger partial charge in [0, 0.05) is 6.54 Å². The normalized spacial score (nSPS) is 24.6. The predicted octanol–water partition coefficient (Wildman–Crippen LogP) is 4.21. The van der Waals surface area contributed by atoms with E-state index in [4.69, 9.17) is 14.2 Å². The standard InChI is InChI=1S/C25H38N2O7S/c1-23(2,3)33-21(28)26-15-19-20(32-25(7,8)27(19)22(29)34-24(4,5)6)14-17(26)16-35(30,31)18-12-10-9-11-13-18/h9-13,17,19-20H,14-16H2,1-8H3/t17-,19+,20-/m0/s1. The fourth-order valence-corrected chi connectivity index (χ4v) is 6.15. The van der Waals surface area contributed by atoms with Crippen LogP contribution in [0, 0.1) is 0 Å². The maximum absolute atomic E-state index is 13.2. The summed E-state index contributed by atoms with van der Waals surface area (Å²) < 4.78 is 43.9. The van der Waals surface area contributed by atoms with Crippen molar-refractivity contribution >= 4 is 22.0 Å². The minimum absolute atomic E-state index is 0.0667. The first-order valence-corrected chi connectivity index (χ1v) is 13.5. The van der Waals surface area contributed by atoms with Crippen LogP contribution in [-0.2, 0) is 24.0 Å². The van der Waals surface area contributed by atoms with Gasteiger partial charge in [-0.1, -0.05) is 18.2 Å². The lowest BCUT2D eigenvalue weighted by Crippen LogP contribution is -2.61. The summed E-state index contributed by atoms with van der Waals surface area (Å²) >= 11 is 0. The van der Waals surface area contributed by atoms with Gasteiger partial charge in [0.25, 0.3) is 0 Å². The van der Waals surface area contributed by atoms with Gasteiger partial charge < -0.3 is 19.1 Å². The van der Waals surface area contributed by atoms with Gasteiger partial charge in [0.15, 0.2) is 9.84 Å². The molecule has 9 nitrogen and oxygen atoms in total. The Morgan fingerprint density at radius 1 is 1.00 bits per heavy atom. The average Bonchev–Trinajstić information content (AvgIpc) is 2.93. The second-order valence-electron chi connectivity index (χ2n) is 11.6. The first-order chi connectivity index (χ1) is 15.9. The van der Waals surface area contributed by atoms with Crippen molar-refractivity contribution in [3.8, 4) is 0 Å². The molecular formula is C25H38N2O7S. The van der Waals surface area contributed by atoms with Crippen LogP contribution >= 0.6 is 0 Å². The van der Waals surface area contributed by atoms with Gasteiger partial charge in [0.05, 0.1) is 28.8 Å². The molecule has 2 aliphatic rings.